The summed E-state index contributed by atoms with van der Waals surface area (Å²) in [6.45, 7) is 2.61. The van der Waals surface area contributed by atoms with Gasteiger partial charge in [-0.2, -0.15) is 0 Å². The van der Waals surface area contributed by atoms with E-state index in [1.165, 1.54) is 11.8 Å². The number of fused-ring (bicyclic) bond motifs is 1. The van der Waals surface area contributed by atoms with Gasteiger partial charge >= 0.3 is 0 Å². The van der Waals surface area contributed by atoms with Gasteiger partial charge in [0.15, 0.2) is 10.9 Å². The molecule has 7 heteroatoms. The Morgan fingerprint density at radius 1 is 1.22 bits per heavy atom. The van der Waals surface area contributed by atoms with E-state index in [0.717, 1.165) is 4.47 Å². The number of methoxy groups -OCH3 is 1. The van der Waals surface area contributed by atoms with E-state index in [0.29, 0.717) is 34.8 Å². The van der Waals surface area contributed by atoms with Gasteiger partial charge in [0, 0.05) is 17.1 Å². The average Bonchev–Trinajstić information content (AvgIpc) is 2.68. The van der Waals surface area contributed by atoms with Gasteiger partial charge in [0.25, 0.3) is 5.56 Å². The van der Waals surface area contributed by atoms with Crippen molar-refractivity contribution in [1.82, 2.24) is 9.55 Å². The number of carbonyl (C=O) groups is 1. The average molecular weight is 447 g/mol. The molecule has 5 nitrogen and oxygen atoms in total. The summed E-state index contributed by atoms with van der Waals surface area (Å²) >= 11 is 4.67. The van der Waals surface area contributed by atoms with E-state index in [9.17, 15) is 9.59 Å². The lowest BCUT2D eigenvalue weighted by molar-refractivity contribution is 0.0994. The molecule has 1 atom stereocenters. The van der Waals surface area contributed by atoms with E-state index in [4.69, 9.17) is 4.74 Å². The highest BCUT2D eigenvalue weighted by Crippen LogP contribution is 2.25. The third-order valence-electron chi connectivity index (χ3n) is 4.13. The molecule has 0 unspecified atom stereocenters. The zero-order valence-corrected chi connectivity index (χ0v) is 17.4. The van der Waals surface area contributed by atoms with Crippen LogP contribution in [-0.2, 0) is 11.3 Å². The van der Waals surface area contributed by atoms with Crippen molar-refractivity contribution >= 4 is 44.4 Å². The second kappa shape index (κ2) is 8.82. The highest BCUT2D eigenvalue weighted by Gasteiger charge is 2.20. The minimum absolute atomic E-state index is 0.00630. The summed E-state index contributed by atoms with van der Waals surface area (Å²) in [6.07, 6.45) is 0. The first-order valence-corrected chi connectivity index (χ1v) is 10.1. The van der Waals surface area contributed by atoms with Crippen molar-refractivity contribution in [2.75, 3.05) is 13.7 Å². The van der Waals surface area contributed by atoms with Gasteiger partial charge in [-0.15, -0.1) is 0 Å². The number of benzene rings is 2. The number of ketones is 1. The molecule has 0 aliphatic rings. The summed E-state index contributed by atoms with van der Waals surface area (Å²) in [5.41, 5.74) is 1.13. The van der Waals surface area contributed by atoms with Gasteiger partial charge in [0.1, 0.15) is 0 Å². The molecule has 0 fully saturated rings. The number of halogens is 1. The molecule has 3 rings (SSSR count). The number of hydrogen-bond acceptors (Lipinski definition) is 5. The predicted molar refractivity (Wildman–Crippen MR) is 112 cm³/mol. The van der Waals surface area contributed by atoms with E-state index in [2.05, 4.69) is 20.9 Å². The van der Waals surface area contributed by atoms with Crippen LogP contribution in [0.3, 0.4) is 0 Å². The summed E-state index contributed by atoms with van der Waals surface area (Å²) in [4.78, 5) is 30.3. The third kappa shape index (κ3) is 4.48. The van der Waals surface area contributed by atoms with Crippen molar-refractivity contribution in [1.29, 1.82) is 0 Å². The molecule has 0 N–H and O–H groups in total. The predicted octanol–water partition coefficient (Wildman–Crippen LogP) is 4.17. The summed E-state index contributed by atoms with van der Waals surface area (Å²) < 4.78 is 7.64. The zero-order chi connectivity index (χ0) is 19.4. The highest BCUT2D eigenvalue weighted by molar-refractivity contribution is 9.10. The Balaban J connectivity index is 1.95. The largest absolute Gasteiger partial charge is 0.383 e. The van der Waals surface area contributed by atoms with Crippen LogP contribution >= 0.6 is 27.7 Å². The first kappa shape index (κ1) is 19.8. The number of nitrogens with zero attached hydrogens (tertiary/aromatic N) is 2. The van der Waals surface area contributed by atoms with Crippen LogP contribution in [0, 0.1) is 0 Å². The van der Waals surface area contributed by atoms with Crippen molar-refractivity contribution in [2.24, 2.45) is 0 Å². The molecule has 0 spiro atoms. The van der Waals surface area contributed by atoms with Crippen LogP contribution in [-0.4, -0.2) is 34.3 Å². The first-order chi connectivity index (χ1) is 13.0. The summed E-state index contributed by atoms with van der Waals surface area (Å²) in [7, 11) is 1.59. The summed E-state index contributed by atoms with van der Waals surface area (Å²) in [6, 6.07) is 14.5. The number of Topliss-reactive ketones (excluding diaryl/α,β-unsaturated/α-hetero) is 1. The van der Waals surface area contributed by atoms with Crippen LogP contribution < -0.4 is 5.56 Å². The maximum atomic E-state index is 12.9. The lowest BCUT2D eigenvalue weighted by atomic mass is 10.1. The van der Waals surface area contributed by atoms with Gasteiger partial charge in [-0.1, -0.05) is 52.0 Å². The first-order valence-electron chi connectivity index (χ1n) is 8.46. The zero-order valence-electron chi connectivity index (χ0n) is 15.0. The third-order valence-corrected chi connectivity index (χ3v) is 5.74. The van der Waals surface area contributed by atoms with Crippen LogP contribution in [0.5, 0.6) is 0 Å². The van der Waals surface area contributed by atoms with Crippen LogP contribution in [0.2, 0.25) is 0 Å². The molecule has 0 saturated carbocycles. The van der Waals surface area contributed by atoms with Crippen molar-refractivity contribution in [3.8, 4) is 0 Å². The number of aromatic nitrogens is 2. The monoisotopic (exact) mass is 446 g/mol. The van der Waals surface area contributed by atoms with E-state index >= 15 is 0 Å². The molecule has 0 aliphatic carbocycles. The molecule has 1 aromatic heterocycles. The topological polar surface area (TPSA) is 61.2 Å². The van der Waals surface area contributed by atoms with Crippen molar-refractivity contribution in [3.63, 3.8) is 0 Å². The van der Waals surface area contributed by atoms with Gasteiger partial charge in [-0.05, 0) is 31.2 Å². The van der Waals surface area contributed by atoms with Gasteiger partial charge in [-0.25, -0.2) is 4.98 Å². The Kier molecular flexibility index (Phi) is 6.46. The number of hydrogen-bond donors (Lipinski definition) is 0. The Labute approximate surface area is 169 Å². The Morgan fingerprint density at radius 2 is 1.93 bits per heavy atom. The SMILES string of the molecule is COCCn1c(S[C@@H](C)C(=O)c2ccc(Br)cc2)nc2ccccc2c1=O. The number of carbonyl (C=O) groups excluding carboxylic acids is 1. The van der Waals surface area contributed by atoms with Crippen molar-refractivity contribution in [2.45, 2.75) is 23.9 Å². The molecule has 0 amide bonds. The fourth-order valence-corrected chi connectivity index (χ4v) is 3.95. The van der Waals surface area contributed by atoms with Gasteiger partial charge in [0.05, 0.1) is 29.3 Å². The maximum absolute atomic E-state index is 12.9. The molecule has 0 radical (unpaired) electrons. The fourth-order valence-electron chi connectivity index (χ4n) is 2.68. The van der Waals surface area contributed by atoms with Gasteiger partial charge < -0.3 is 4.74 Å². The van der Waals surface area contributed by atoms with E-state index < -0.39 is 0 Å². The second-order valence-electron chi connectivity index (χ2n) is 5.99. The van der Waals surface area contributed by atoms with Crippen LogP contribution in [0.1, 0.15) is 17.3 Å². The molecule has 2 aromatic carbocycles. The molecular formula is C20H19BrN2O3S. The molecule has 3 aromatic rings. The maximum Gasteiger partial charge on any atom is 0.262 e. The normalized spacial score (nSPS) is 12.3. The highest BCUT2D eigenvalue weighted by atomic mass is 79.9. The van der Waals surface area contributed by atoms with Gasteiger partial charge in [0.2, 0.25) is 0 Å². The fraction of sp³-hybridized carbons (Fsp3) is 0.250. The number of rotatable bonds is 7. The quantitative estimate of drug-likeness (QED) is 0.309. The molecule has 27 heavy (non-hydrogen) atoms. The van der Waals surface area contributed by atoms with E-state index in [-0.39, 0.29) is 16.6 Å². The second-order valence-corrected chi connectivity index (χ2v) is 8.22. The number of para-hydroxylation sites is 1. The molecule has 1 heterocycles. The molecule has 0 bridgehead atoms. The number of thioether (sulfide) groups is 1. The van der Waals surface area contributed by atoms with Crippen molar-refractivity contribution in [3.05, 3.63) is 68.9 Å². The van der Waals surface area contributed by atoms with E-state index in [1.54, 1.807) is 29.9 Å². The van der Waals surface area contributed by atoms with Crippen molar-refractivity contribution < 1.29 is 9.53 Å². The van der Waals surface area contributed by atoms with Crippen LogP contribution in [0.4, 0.5) is 0 Å². The summed E-state index contributed by atoms with van der Waals surface area (Å²) in [5, 5.41) is 0.701. The molecule has 0 saturated heterocycles. The summed E-state index contributed by atoms with van der Waals surface area (Å²) in [5.74, 6) is -0.00630. The number of ether oxygens (including phenoxy) is 1. The molecule has 0 aliphatic heterocycles. The lowest BCUT2D eigenvalue weighted by Gasteiger charge is -2.15. The minimum Gasteiger partial charge on any atom is -0.383 e. The smallest absolute Gasteiger partial charge is 0.262 e. The lowest BCUT2D eigenvalue weighted by Crippen LogP contribution is -2.26. The van der Waals surface area contributed by atoms with Gasteiger partial charge in [-0.3, -0.25) is 14.2 Å². The Morgan fingerprint density at radius 3 is 2.63 bits per heavy atom. The van der Waals surface area contributed by atoms with Crippen LogP contribution in [0.15, 0.2) is 63.0 Å². The molecule has 140 valence electrons. The molecular weight excluding hydrogens is 428 g/mol. The Hall–Kier alpha value is -1.96. The minimum atomic E-state index is -0.381. The standard InChI is InChI=1S/C20H19BrN2O3S/c1-13(18(24)14-7-9-15(21)10-8-14)27-20-22-17-6-4-3-5-16(17)19(25)23(20)11-12-26-2/h3-10,13H,11-12H2,1-2H3/t13-/m0/s1. The Bertz CT molecular complexity index is 1020. The van der Waals surface area contributed by atoms with Crippen LogP contribution in [0.25, 0.3) is 10.9 Å². The van der Waals surface area contributed by atoms with E-state index in [1.807, 2.05) is 37.3 Å².